The number of aryl methyl sites for hydroxylation is 1. The van der Waals surface area contributed by atoms with E-state index in [0.29, 0.717) is 5.69 Å². The van der Waals surface area contributed by atoms with Crippen LogP contribution in [0.15, 0.2) is 17.4 Å². The molecule has 0 amide bonds. The fourth-order valence-corrected chi connectivity index (χ4v) is 3.01. The molecule has 1 saturated heterocycles. The number of hydrogen-bond donors (Lipinski definition) is 2. The molecular formula is C10H17ClN4O2S. The van der Waals surface area contributed by atoms with E-state index in [1.54, 1.807) is 13.0 Å². The Hall–Kier alpha value is -0.760. The van der Waals surface area contributed by atoms with E-state index in [1.807, 2.05) is 0 Å². The molecule has 0 aliphatic carbocycles. The van der Waals surface area contributed by atoms with E-state index in [0.717, 1.165) is 25.9 Å². The molecule has 0 unspecified atom stereocenters. The lowest BCUT2D eigenvalue weighted by molar-refractivity contribution is 0.425. The number of sulfonamides is 1. The lowest BCUT2D eigenvalue weighted by atomic mass is 10.1. The Balaban J connectivity index is 0.00000162. The molecule has 102 valence electrons. The zero-order valence-electron chi connectivity index (χ0n) is 10.1. The normalized spacial score (nSPS) is 17.2. The van der Waals surface area contributed by atoms with Gasteiger partial charge in [-0.3, -0.25) is 0 Å². The number of rotatable bonds is 3. The van der Waals surface area contributed by atoms with Crippen molar-refractivity contribution in [1.82, 2.24) is 20.0 Å². The van der Waals surface area contributed by atoms with Crippen LogP contribution in [0.2, 0.25) is 0 Å². The molecule has 8 heteroatoms. The molecule has 18 heavy (non-hydrogen) atoms. The van der Waals surface area contributed by atoms with E-state index in [9.17, 15) is 8.42 Å². The van der Waals surface area contributed by atoms with Crippen LogP contribution < -0.4 is 10.0 Å². The van der Waals surface area contributed by atoms with E-state index < -0.39 is 10.0 Å². The highest BCUT2D eigenvalue weighted by Crippen LogP contribution is 2.08. The van der Waals surface area contributed by atoms with Gasteiger partial charge in [0.15, 0.2) is 0 Å². The van der Waals surface area contributed by atoms with Crippen LogP contribution in [-0.4, -0.2) is 37.5 Å². The first-order valence-corrected chi connectivity index (χ1v) is 7.09. The van der Waals surface area contributed by atoms with Gasteiger partial charge < -0.3 is 5.32 Å². The maximum absolute atomic E-state index is 12.0. The molecule has 2 N–H and O–H groups in total. The molecule has 0 spiro atoms. The van der Waals surface area contributed by atoms with Crippen LogP contribution in [0.25, 0.3) is 0 Å². The summed E-state index contributed by atoms with van der Waals surface area (Å²) in [5.41, 5.74) is 0.644. The fourth-order valence-electron chi connectivity index (χ4n) is 1.77. The Morgan fingerprint density at radius 2 is 2.06 bits per heavy atom. The molecule has 0 bridgehead atoms. The molecule has 1 aromatic rings. The lowest BCUT2D eigenvalue weighted by Gasteiger charge is -2.22. The highest BCUT2D eigenvalue weighted by atomic mass is 35.5. The van der Waals surface area contributed by atoms with E-state index in [4.69, 9.17) is 0 Å². The Bertz CT molecular complexity index is 488. The number of piperidine rings is 1. The summed E-state index contributed by atoms with van der Waals surface area (Å²) in [6.07, 6.45) is 3.05. The van der Waals surface area contributed by atoms with Crippen LogP contribution in [0, 0.1) is 6.92 Å². The average molecular weight is 293 g/mol. The molecule has 2 heterocycles. The molecule has 0 atom stereocenters. The zero-order valence-corrected chi connectivity index (χ0v) is 11.7. The van der Waals surface area contributed by atoms with Gasteiger partial charge in [0.25, 0.3) is 15.2 Å². The van der Waals surface area contributed by atoms with Crippen molar-refractivity contribution in [3.05, 3.63) is 18.0 Å². The number of nitrogens with one attached hydrogen (secondary N) is 2. The van der Waals surface area contributed by atoms with Crippen molar-refractivity contribution in [2.45, 2.75) is 31.0 Å². The predicted octanol–water partition coefficient (Wildman–Crippen LogP) is 0.237. The van der Waals surface area contributed by atoms with E-state index in [2.05, 4.69) is 20.0 Å². The van der Waals surface area contributed by atoms with Crippen molar-refractivity contribution in [3.8, 4) is 0 Å². The second kappa shape index (κ2) is 6.42. The second-order valence-corrected chi connectivity index (χ2v) is 5.73. The van der Waals surface area contributed by atoms with Gasteiger partial charge >= 0.3 is 0 Å². The average Bonchev–Trinajstić information content (AvgIpc) is 2.30. The van der Waals surface area contributed by atoms with Gasteiger partial charge in [-0.15, -0.1) is 12.4 Å². The van der Waals surface area contributed by atoms with Crippen molar-refractivity contribution >= 4 is 22.4 Å². The minimum Gasteiger partial charge on any atom is -0.317 e. The first-order valence-electron chi connectivity index (χ1n) is 5.60. The van der Waals surface area contributed by atoms with E-state index in [-0.39, 0.29) is 23.6 Å². The van der Waals surface area contributed by atoms with Gasteiger partial charge in [-0.1, -0.05) is 0 Å². The van der Waals surface area contributed by atoms with Crippen LogP contribution in [0.5, 0.6) is 0 Å². The van der Waals surface area contributed by atoms with Crippen LogP contribution >= 0.6 is 12.4 Å². The first-order chi connectivity index (χ1) is 8.08. The quantitative estimate of drug-likeness (QED) is 0.780. The van der Waals surface area contributed by atoms with Crippen molar-refractivity contribution in [2.75, 3.05) is 13.1 Å². The number of hydrogen-bond acceptors (Lipinski definition) is 5. The maximum atomic E-state index is 12.0. The van der Waals surface area contributed by atoms with E-state index in [1.165, 1.54) is 6.20 Å². The second-order valence-electron chi connectivity index (χ2n) is 4.13. The third kappa shape index (κ3) is 3.88. The van der Waals surface area contributed by atoms with E-state index >= 15 is 0 Å². The summed E-state index contributed by atoms with van der Waals surface area (Å²) in [6, 6.07) is 1.65. The van der Waals surface area contributed by atoms with Crippen LogP contribution in [-0.2, 0) is 10.0 Å². The molecular weight excluding hydrogens is 276 g/mol. The Kier molecular flexibility index (Phi) is 5.46. The number of aromatic nitrogens is 2. The highest BCUT2D eigenvalue weighted by Gasteiger charge is 2.23. The Morgan fingerprint density at radius 3 is 2.67 bits per heavy atom. The topological polar surface area (TPSA) is 84.0 Å². The molecule has 2 rings (SSSR count). The minimum atomic E-state index is -3.58. The summed E-state index contributed by atoms with van der Waals surface area (Å²) in [5, 5.41) is 3.04. The summed E-state index contributed by atoms with van der Waals surface area (Å²) in [5.74, 6) is 0. The fraction of sp³-hybridized carbons (Fsp3) is 0.600. The maximum Gasteiger partial charge on any atom is 0.276 e. The predicted molar refractivity (Wildman–Crippen MR) is 70.2 cm³/mol. The highest BCUT2D eigenvalue weighted by molar-refractivity contribution is 7.89. The van der Waals surface area contributed by atoms with Gasteiger partial charge in [0.05, 0.1) is 0 Å². The van der Waals surface area contributed by atoms with Gasteiger partial charge in [0.2, 0.25) is 0 Å². The smallest absolute Gasteiger partial charge is 0.276 e. The van der Waals surface area contributed by atoms with Crippen LogP contribution in [0.4, 0.5) is 0 Å². The summed E-state index contributed by atoms with van der Waals surface area (Å²) >= 11 is 0. The lowest BCUT2D eigenvalue weighted by Crippen LogP contribution is -2.43. The molecule has 1 fully saturated rings. The van der Waals surface area contributed by atoms with Gasteiger partial charge in [0.1, 0.15) is 0 Å². The van der Waals surface area contributed by atoms with Crippen LogP contribution in [0.3, 0.4) is 0 Å². The minimum absolute atomic E-state index is 0. The Morgan fingerprint density at radius 1 is 1.39 bits per heavy atom. The van der Waals surface area contributed by atoms with Crippen molar-refractivity contribution in [3.63, 3.8) is 0 Å². The van der Waals surface area contributed by atoms with Gasteiger partial charge in [-0.2, -0.15) is 0 Å². The molecule has 0 radical (unpaired) electrons. The van der Waals surface area contributed by atoms with Gasteiger partial charge in [-0.05, 0) is 38.9 Å². The summed E-state index contributed by atoms with van der Waals surface area (Å²) in [6.45, 7) is 3.41. The molecule has 1 aliphatic rings. The summed E-state index contributed by atoms with van der Waals surface area (Å²) < 4.78 is 26.6. The summed E-state index contributed by atoms with van der Waals surface area (Å²) in [7, 11) is -3.58. The van der Waals surface area contributed by atoms with Crippen molar-refractivity contribution in [1.29, 1.82) is 0 Å². The Labute approximate surface area is 113 Å². The molecule has 0 saturated carbocycles. The van der Waals surface area contributed by atoms with Crippen molar-refractivity contribution < 1.29 is 8.42 Å². The molecule has 0 aromatic carbocycles. The third-order valence-electron chi connectivity index (χ3n) is 2.67. The van der Waals surface area contributed by atoms with Gasteiger partial charge in [-0.25, -0.2) is 23.1 Å². The SMILES string of the molecule is Cc1ccnc(S(=O)(=O)NC2CCNCC2)n1.Cl. The number of halogens is 1. The largest absolute Gasteiger partial charge is 0.317 e. The monoisotopic (exact) mass is 292 g/mol. The third-order valence-corrected chi connectivity index (χ3v) is 4.00. The molecule has 1 aliphatic heterocycles. The molecule has 6 nitrogen and oxygen atoms in total. The number of nitrogens with zero attached hydrogens (tertiary/aromatic N) is 2. The van der Waals surface area contributed by atoms with Crippen molar-refractivity contribution in [2.24, 2.45) is 0 Å². The van der Waals surface area contributed by atoms with Crippen LogP contribution in [0.1, 0.15) is 18.5 Å². The zero-order chi connectivity index (χ0) is 12.3. The summed E-state index contributed by atoms with van der Waals surface area (Å²) in [4.78, 5) is 7.73. The molecule has 1 aromatic heterocycles. The first kappa shape index (κ1) is 15.3. The van der Waals surface area contributed by atoms with Gasteiger partial charge in [0, 0.05) is 17.9 Å². The standard InChI is InChI=1S/C10H16N4O2S.ClH/c1-8-2-7-12-10(13-8)17(15,16)14-9-3-5-11-6-4-9;/h2,7,9,11,14H,3-6H2,1H3;1H.